The number of rotatable bonds is 5. The molecule has 19 heavy (non-hydrogen) atoms. The molecule has 1 aliphatic rings. The summed E-state index contributed by atoms with van der Waals surface area (Å²) in [5.74, 6) is 1.01. The molecule has 0 aromatic carbocycles. The van der Waals surface area contributed by atoms with E-state index in [0.29, 0.717) is 12.6 Å². The average molecular weight is 266 g/mol. The highest BCUT2D eigenvalue weighted by atomic mass is 16.6. The largest absolute Gasteiger partial charge is 0.450 e. The molecule has 1 aliphatic heterocycles. The summed E-state index contributed by atoms with van der Waals surface area (Å²) in [4.78, 5) is 20.6. The quantitative estimate of drug-likeness (QED) is 0.839. The van der Waals surface area contributed by atoms with Crippen LogP contribution < -0.4 is 5.32 Å². The number of amides is 1. The highest BCUT2D eigenvalue weighted by molar-refractivity contribution is 5.67. The van der Waals surface area contributed by atoms with Crippen molar-refractivity contribution >= 4 is 6.09 Å². The van der Waals surface area contributed by atoms with Crippen LogP contribution in [-0.4, -0.2) is 53.2 Å². The number of carbonyl (C=O) groups excluding carboxylic acids is 1. The van der Waals surface area contributed by atoms with E-state index >= 15 is 0 Å². The van der Waals surface area contributed by atoms with E-state index in [1.54, 1.807) is 11.1 Å². The van der Waals surface area contributed by atoms with Gasteiger partial charge in [-0.1, -0.05) is 0 Å². The van der Waals surface area contributed by atoms with Crippen LogP contribution in [0.15, 0.2) is 12.4 Å². The van der Waals surface area contributed by atoms with Gasteiger partial charge in [0.1, 0.15) is 5.82 Å². The summed E-state index contributed by atoms with van der Waals surface area (Å²) in [6.07, 6.45) is 6.30. The summed E-state index contributed by atoms with van der Waals surface area (Å²) < 4.78 is 5.00. The highest BCUT2D eigenvalue weighted by Crippen LogP contribution is 2.11. The van der Waals surface area contributed by atoms with Gasteiger partial charge in [-0.2, -0.15) is 0 Å². The third-order valence-electron chi connectivity index (χ3n) is 3.37. The molecule has 2 N–H and O–H groups in total. The van der Waals surface area contributed by atoms with Crippen molar-refractivity contribution in [2.75, 3.05) is 26.2 Å². The maximum absolute atomic E-state index is 11.5. The second-order valence-corrected chi connectivity index (χ2v) is 4.70. The van der Waals surface area contributed by atoms with Crippen LogP contribution in [-0.2, 0) is 11.2 Å². The Kier molecular flexibility index (Phi) is 5.20. The zero-order valence-corrected chi connectivity index (χ0v) is 11.4. The number of hydrogen-bond donors (Lipinski definition) is 2. The van der Waals surface area contributed by atoms with Gasteiger partial charge >= 0.3 is 6.09 Å². The van der Waals surface area contributed by atoms with Gasteiger partial charge in [0.25, 0.3) is 0 Å². The summed E-state index contributed by atoms with van der Waals surface area (Å²) >= 11 is 0. The Morgan fingerprint density at radius 2 is 2.37 bits per heavy atom. The predicted octanol–water partition coefficient (Wildman–Crippen LogP) is 1.16. The Bertz CT molecular complexity index is 372. The molecule has 1 aromatic rings. The third-order valence-corrected chi connectivity index (χ3v) is 3.37. The van der Waals surface area contributed by atoms with Gasteiger partial charge in [0.05, 0.1) is 6.61 Å². The molecular weight excluding hydrogens is 244 g/mol. The van der Waals surface area contributed by atoms with Crippen LogP contribution >= 0.6 is 0 Å². The van der Waals surface area contributed by atoms with Crippen molar-refractivity contribution in [1.29, 1.82) is 0 Å². The van der Waals surface area contributed by atoms with E-state index in [1.807, 2.05) is 13.1 Å². The molecule has 0 spiro atoms. The van der Waals surface area contributed by atoms with E-state index < -0.39 is 0 Å². The molecule has 0 atom stereocenters. The summed E-state index contributed by atoms with van der Waals surface area (Å²) in [5.41, 5.74) is 0. The summed E-state index contributed by atoms with van der Waals surface area (Å²) in [6.45, 7) is 4.74. The van der Waals surface area contributed by atoms with Gasteiger partial charge in [-0.05, 0) is 19.8 Å². The molecule has 2 heterocycles. The molecule has 6 heteroatoms. The van der Waals surface area contributed by atoms with Crippen LogP contribution in [0.5, 0.6) is 0 Å². The van der Waals surface area contributed by atoms with Gasteiger partial charge in [-0.15, -0.1) is 0 Å². The molecule has 0 bridgehead atoms. The van der Waals surface area contributed by atoms with Gasteiger partial charge in [0.15, 0.2) is 0 Å². The van der Waals surface area contributed by atoms with E-state index in [-0.39, 0.29) is 6.09 Å². The summed E-state index contributed by atoms with van der Waals surface area (Å²) in [5, 5.41) is 3.51. The predicted molar refractivity (Wildman–Crippen MR) is 71.9 cm³/mol. The monoisotopic (exact) mass is 266 g/mol. The van der Waals surface area contributed by atoms with Crippen LogP contribution in [0.3, 0.4) is 0 Å². The Labute approximate surface area is 113 Å². The molecule has 0 saturated carbocycles. The van der Waals surface area contributed by atoms with Gasteiger partial charge in [-0.25, -0.2) is 9.78 Å². The first kappa shape index (κ1) is 13.9. The van der Waals surface area contributed by atoms with E-state index in [0.717, 1.165) is 44.7 Å². The Morgan fingerprint density at radius 3 is 3.00 bits per heavy atom. The number of hydrogen-bond acceptors (Lipinski definition) is 4. The number of nitrogens with zero attached hydrogens (tertiary/aromatic N) is 2. The molecule has 1 aromatic heterocycles. The fraction of sp³-hybridized carbons (Fsp3) is 0.692. The fourth-order valence-electron chi connectivity index (χ4n) is 2.31. The molecule has 106 valence electrons. The molecule has 1 saturated heterocycles. The molecule has 2 rings (SSSR count). The first-order valence-electron chi connectivity index (χ1n) is 6.93. The Morgan fingerprint density at radius 1 is 1.58 bits per heavy atom. The topological polar surface area (TPSA) is 70.2 Å². The standard InChI is InChI=1S/C13H22N4O2/c1-2-19-13(18)17-9-4-11(5-10-17)14-6-3-12-15-7-8-16-12/h7-8,11,14H,2-6,9-10H2,1H3,(H,15,16). The van der Waals surface area contributed by atoms with Crippen molar-refractivity contribution in [2.24, 2.45) is 0 Å². The minimum atomic E-state index is -0.184. The van der Waals surface area contributed by atoms with Crippen molar-refractivity contribution in [3.63, 3.8) is 0 Å². The first-order chi connectivity index (χ1) is 9.29. The van der Waals surface area contributed by atoms with Crippen LogP contribution in [0.4, 0.5) is 4.79 Å². The van der Waals surface area contributed by atoms with Crippen molar-refractivity contribution in [3.8, 4) is 0 Å². The summed E-state index contributed by atoms with van der Waals surface area (Å²) in [6, 6.07) is 0.487. The normalized spacial score (nSPS) is 16.6. The number of piperidine rings is 1. The molecule has 0 aliphatic carbocycles. The maximum Gasteiger partial charge on any atom is 0.409 e. The van der Waals surface area contributed by atoms with Gasteiger partial charge in [0, 0.05) is 44.5 Å². The zero-order chi connectivity index (χ0) is 13.5. The highest BCUT2D eigenvalue weighted by Gasteiger charge is 2.22. The Hall–Kier alpha value is -1.56. The van der Waals surface area contributed by atoms with E-state index in [1.165, 1.54) is 0 Å². The smallest absolute Gasteiger partial charge is 0.409 e. The second kappa shape index (κ2) is 7.13. The maximum atomic E-state index is 11.5. The number of ether oxygens (including phenoxy) is 1. The van der Waals surface area contributed by atoms with Crippen molar-refractivity contribution in [2.45, 2.75) is 32.2 Å². The molecular formula is C13H22N4O2. The number of H-pyrrole nitrogens is 1. The molecule has 1 fully saturated rings. The van der Waals surface area contributed by atoms with Crippen LogP contribution in [0.2, 0.25) is 0 Å². The minimum Gasteiger partial charge on any atom is -0.450 e. The molecule has 1 amide bonds. The minimum absolute atomic E-state index is 0.184. The first-order valence-corrected chi connectivity index (χ1v) is 6.93. The number of imidazole rings is 1. The van der Waals surface area contributed by atoms with Gasteiger partial charge in [0.2, 0.25) is 0 Å². The van der Waals surface area contributed by atoms with Crippen molar-refractivity contribution in [3.05, 3.63) is 18.2 Å². The van der Waals surface area contributed by atoms with E-state index in [4.69, 9.17) is 4.74 Å². The van der Waals surface area contributed by atoms with Crippen molar-refractivity contribution in [1.82, 2.24) is 20.2 Å². The summed E-state index contributed by atoms with van der Waals surface area (Å²) in [7, 11) is 0. The molecule has 6 nitrogen and oxygen atoms in total. The number of aromatic amines is 1. The average Bonchev–Trinajstić information content (AvgIpc) is 2.93. The van der Waals surface area contributed by atoms with Crippen LogP contribution in [0, 0.1) is 0 Å². The number of nitrogens with one attached hydrogen (secondary N) is 2. The lowest BCUT2D eigenvalue weighted by atomic mass is 10.1. The lowest BCUT2D eigenvalue weighted by Gasteiger charge is -2.31. The number of likely N-dealkylation sites (tertiary alicyclic amines) is 1. The number of aromatic nitrogens is 2. The molecule has 0 unspecified atom stereocenters. The van der Waals surface area contributed by atoms with Crippen LogP contribution in [0.25, 0.3) is 0 Å². The van der Waals surface area contributed by atoms with Gasteiger partial charge < -0.3 is 19.9 Å². The van der Waals surface area contributed by atoms with Crippen molar-refractivity contribution < 1.29 is 9.53 Å². The zero-order valence-electron chi connectivity index (χ0n) is 11.4. The lowest BCUT2D eigenvalue weighted by Crippen LogP contribution is -2.45. The van der Waals surface area contributed by atoms with E-state index in [2.05, 4.69) is 15.3 Å². The van der Waals surface area contributed by atoms with Gasteiger partial charge in [-0.3, -0.25) is 0 Å². The Balaban J connectivity index is 1.62. The molecule has 0 radical (unpaired) electrons. The van der Waals surface area contributed by atoms with E-state index in [9.17, 15) is 4.79 Å². The second-order valence-electron chi connectivity index (χ2n) is 4.70. The van der Waals surface area contributed by atoms with Crippen LogP contribution in [0.1, 0.15) is 25.6 Å². The SMILES string of the molecule is CCOC(=O)N1CCC(NCCc2ncc[nH]2)CC1. The number of carbonyl (C=O) groups is 1. The third kappa shape index (κ3) is 4.24. The lowest BCUT2D eigenvalue weighted by molar-refractivity contribution is 0.0952. The fourth-order valence-corrected chi connectivity index (χ4v) is 2.31.